The van der Waals surface area contributed by atoms with Crippen LogP contribution in [0.3, 0.4) is 0 Å². The Morgan fingerprint density at radius 2 is 1.53 bits per heavy atom. The minimum Gasteiger partial charge on any atom is -0.459 e. The monoisotopic (exact) mass is 226 g/mol. The van der Waals surface area contributed by atoms with Crippen molar-refractivity contribution in [1.82, 2.24) is 0 Å². The van der Waals surface area contributed by atoms with Crippen molar-refractivity contribution in [3.63, 3.8) is 0 Å². The lowest BCUT2D eigenvalue weighted by Crippen LogP contribution is -2.39. The lowest BCUT2D eigenvalue weighted by atomic mass is 9.95. The molecule has 0 aromatic heterocycles. The van der Waals surface area contributed by atoms with Gasteiger partial charge in [-0.15, -0.1) is 0 Å². The van der Waals surface area contributed by atoms with E-state index >= 15 is 0 Å². The fraction of sp³-hybridized carbons (Fsp3) is 0.900. The highest BCUT2D eigenvalue weighted by atomic mass is 19.4. The standard InChI is InChI=1S/C10H17F3O2/c1-6(2)7(10(11,12)13)8(14)15-9(3,4)5/h6-7H,1-5H3. The van der Waals surface area contributed by atoms with Gasteiger partial charge in [-0.1, -0.05) is 13.8 Å². The van der Waals surface area contributed by atoms with E-state index in [-0.39, 0.29) is 0 Å². The van der Waals surface area contributed by atoms with Gasteiger partial charge in [-0.05, 0) is 26.7 Å². The van der Waals surface area contributed by atoms with Gasteiger partial charge in [0.15, 0.2) is 5.92 Å². The van der Waals surface area contributed by atoms with Crippen molar-refractivity contribution in [2.24, 2.45) is 11.8 Å². The van der Waals surface area contributed by atoms with Crippen molar-refractivity contribution in [2.45, 2.75) is 46.4 Å². The predicted octanol–water partition coefficient (Wildman–Crippen LogP) is 3.16. The van der Waals surface area contributed by atoms with E-state index in [0.717, 1.165) is 0 Å². The van der Waals surface area contributed by atoms with Crippen molar-refractivity contribution < 1.29 is 22.7 Å². The molecule has 0 radical (unpaired) electrons. The lowest BCUT2D eigenvalue weighted by Gasteiger charge is -2.27. The van der Waals surface area contributed by atoms with Crippen molar-refractivity contribution in [1.29, 1.82) is 0 Å². The van der Waals surface area contributed by atoms with Crippen molar-refractivity contribution in [3.05, 3.63) is 0 Å². The minimum absolute atomic E-state index is 0.820. The molecule has 0 aliphatic heterocycles. The largest absolute Gasteiger partial charge is 0.459 e. The molecule has 0 heterocycles. The molecule has 5 heteroatoms. The summed E-state index contributed by atoms with van der Waals surface area (Å²) in [6.07, 6.45) is -4.55. The van der Waals surface area contributed by atoms with E-state index in [1.165, 1.54) is 13.8 Å². The highest BCUT2D eigenvalue weighted by Crippen LogP contribution is 2.33. The Morgan fingerprint density at radius 1 is 1.13 bits per heavy atom. The maximum Gasteiger partial charge on any atom is 0.402 e. The molecule has 0 aromatic rings. The van der Waals surface area contributed by atoms with Crippen LogP contribution in [0.2, 0.25) is 0 Å². The molecule has 1 atom stereocenters. The second kappa shape index (κ2) is 4.41. The normalized spacial score (nSPS) is 15.3. The number of esters is 1. The maximum atomic E-state index is 12.5. The van der Waals surface area contributed by atoms with Crippen molar-refractivity contribution in [3.8, 4) is 0 Å². The number of hydrogen-bond acceptors (Lipinski definition) is 2. The van der Waals surface area contributed by atoms with Crippen molar-refractivity contribution in [2.75, 3.05) is 0 Å². The molecule has 0 saturated heterocycles. The van der Waals surface area contributed by atoms with Crippen LogP contribution in [0.1, 0.15) is 34.6 Å². The van der Waals surface area contributed by atoms with Crippen LogP contribution in [-0.2, 0) is 9.53 Å². The first-order chi connectivity index (χ1) is 6.45. The van der Waals surface area contributed by atoms with Gasteiger partial charge in [0.05, 0.1) is 0 Å². The number of carbonyl (C=O) groups excluding carboxylic acids is 1. The van der Waals surface area contributed by atoms with E-state index in [4.69, 9.17) is 4.74 Å². The van der Waals surface area contributed by atoms with Crippen LogP contribution in [0, 0.1) is 11.8 Å². The average Bonchev–Trinajstić information content (AvgIpc) is 1.74. The molecular weight excluding hydrogens is 209 g/mol. The first kappa shape index (κ1) is 14.3. The van der Waals surface area contributed by atoms with Gasteiger partial charge in [0.1, 0.15) is 5.60 Å². The number of ether oxygens (including phenoxy) is 1. The third-order valence-corrected chi connectivity index (χ3v) is 1.68. The van der Waals surface area contributed by atoms with Gasteiger partial charge in [0.25, 0.3) is 0 Å². The first-order valence-electron chi connectivity index (χ1n) is 4.74. The SMILES string of the molecule is CC(C)C(C(=O)OC(C)(C)C)C(F)(F)F. The summed E-state index contributed by atoms with van der Waals surface area (Å²) in [4.78, 5) is 11.3. The Kier molecular flexibility index (Phi) is 4.19. The second-order valence-electron chi connectivity index (χ2n) is 4.80. The van der Waals surface area contributed by atoms with E-state index in [1.807, 2.05) is 0 Å². The van der Waals surface area contributed by atoms with Crippen LogP contribution >= 0.6 is 0 Å². The van der Waals surface area contributed by atoms with E-state index in [9.17, 15) is 18.0 Å². The molecule has 0 amide bonds. The average molecular weight is 226 g/mol. The van der Waals surface area contributed by atoms with E-state index in [0.29, 0.717) is 0 Å². The van der Waals surface area contributed by atoms with Gasteiger partial charge in [-0.3, -0.25) is 4.79 Å². The van der Waals surface area contributed by atoms with Gasteiger partial charge < -0.3 is 4.74 Å². The summed E-state index contributed by atoms with van der Waals surface area (Å²) in [5.41, 5.74) is -0.893. The van der Waals surface area contributed by atoms with E-state index in [1.54, 1.807) is 20.8 Å². The molecule has 15 heavy (non-hydrogen) atoms. The number of halogens is 3. The summed E-state index contributed by atoms with van der Waals surface area (Å²) in [5, 5.41) is 0. The molecule has 0 rings (SSSR count). The minimum atomic E-state index is -4.55. The molecule has 0 spiro atoms. The zero-order valence-corrected chi connectivity index (χ0v) is 9.61. The molecule has 0 aromatic carbocycles. The van der Waals surface area contributed by atoms with Gasteiger partial charge in [-0.2, -0.15) is 13.2 Å². The Bertz CT molecular complexity index is 226. The number of rotatable bonds is 2. The van der Waals surface area contributed by atoms with Crippen LogP contribution in [0.5, 0.6) is 0 Å². The van der Waals surface area contributed by atoms with Crippen LogP contribution in [-0.4, -0.2) is 17.7 Å². The van der Waals surface area contributed by atoms with E-state index < -0.39 is 29.6 Å². The third kappa shape index (κ3) is 5.04. The smallest absolute Gasteiger partial charge is 0.402 e. The van der Waals surface area contributed by atoms with Gasteiger partial charge >= 0.3 is 12.1 Å². The lowest BCUT2D eigenvalue weighted by molar-refractivity contribution is -0.211. The second-order valence-corrected chi connectivity index (χ2v) is 4.80. The molecule has 0 saturated carbocycles. The molecule has 2 nitrogen and oxygen atoms in total. The van der Waals surface area contributed by atoms with Crippen LogP contribution in [0.4, 0.5) is 13.2 Å². The fourth-order valence-electron chi connectivity index (χ4n) is 1.15. The fourth-order valence-corrected chi connectivity index (χ4v) is 1.15. The zero-order valence-electron chi connectivity index (χ0n) is 9.61. The van der Waals surface area contributed by atoms with Gasteiger partial charge in [-0.25, -0.2) is 0 Å². The van der Waals surface area contributed by atoms with Gasteiger partial charge in [0.2, 0.25) is 0 Å². The summed E-state index contributed by atoms with van der Waals surface area (Å²) in [7, 11) is 0. The van der Waals surface area contributed by atoms with E-state index in [2.05, 4.69) is 0 Å². The van der Waals surface area contributed by atoms with Crippen LogP contribution in [0.15, 0.2) is 0 Å². The quantitative estimate of drug-likeness (QED) is 0.676. The highest BCUT2D eigenvalue weighted by Gasteiger charge is 2.48. The summed E-state index contributed by atoms with van der Waals surface area (Å²) < 4.78 is 42.2. The summed E-state index contributed by atoms with van der Waals surface area (Å²) in [6.45, 7) is 7.32. The zero-order chi connectivity index (χ0) is 12.4. The summed E-state index contributed by atoms with van der Waals surface area (Å²) in [5.74, 6) is -4.07. The topological polar surface area (TPSA) is 26.3 Å². The highest BCUT2D eigenvalue weighted by molar-refractivity contribution is 5.74. The Balaban J connectivity index is 4.74. The van der Waals surface area contributed by atoms with Crippen molar-refractivity contribution >= 4 is 5.97 Å². The third-order valence-electron chi connectivity index (χ3n) is 1.68. The molecule has 0 N–H and O–H groups in total. The number of alkyl halides is 3. The molecule has 0 bridgehead atoms. The first-order valence-corrected chi connectivity index (χ1v) is 4.74. The molecule has 90 valence electrons. The molecular formula is C10H17F3O2. The molecule has 1 unspecified atom stereocenters. The maximum absolute atomic E-state index is 12.5. The predicted molar refractivity (Wildman–Crippen MR) is 50.2 cm³/mol. The van der Waals surface area contributed by atoms with Gasteiger partial charge in [0, 0.05) is 0 Å². The Labute approximate surface area is 87.8 Å². The summed E-state index contributed by atoms with van der Waals surface area (Å²) in [6, 6.07) is 0. The number of carbonyl (C=O) groups is 1. The number of hydrogen-bond donors (Lipinski definition) is 0. The Morgan fingerprint density at radius 3 is 1.73 bits per heavy atom. The Hall–Kier alpha value is -0.740. The summed E-state index contributed by atoms with van der Waals surface area (Å²) >= 11 is 0. The molecule has 0 aliphatic carbocycles. The molecule has 0 aliphatic rings. The molecule has 0 fully saturated rings. The van der Waals surface area contributed by atoms with Crippen LogP contribution < -0.4 is 0 Å². The van der Waals surface area contributed by atoms with Crippen LogP contribution in [0.25, 0.3) is 0 Å².